The molecular formula is C13H18FNO. The minimum absolute atomic E-state index is 0.127. The largest absolute Gasteiger partial charge is 0.371 e. The Labute approximate surface area is 96.0 Å². The molecule has 1 aromatic carbocycles. The number of halogens is 1. The molecule has 1 heterocycles. The summed E-state index contributed by atoms with van der Waals surface area (Å²) in [6, 6.07) is 7.35. The topological polar surface area (TPSA) is 12.5 Å². The van der Waals surface area contributed by atoms with E-state index in [2.05, 4.69) is 18.7 Å². The molecule has 3 heteroatoms. The fourth-order valence-corrected chi connectivity index (χ4v) is 2.06. The molecule has 0 spiro atoms. The lowest BCUT2D eigenvalue weighted by Gasteiger charge is -2.35. The Morgan fingerprint density at radius 1 is 1.38 bits per heavy atom. The van der Waals surface area contributed by atoms with E-state index in [4.69, 9.17) is 4.74 Å². The van der Waals surface area contributed by atoms with Gasteiger partial charge in [-0.25, -0.2) is 4.39 Å². The van der Waals surface area contributed by atoms with E-state index >= 15 is 0 Å². The maximum absolute atomic E-state index is 13.6. The van der Waals surface area contributed by atoms with Crippen LogP contribution in [-0.2, 0) is 4.74 Å². The zero-order chi connectivity index (χ0) is 11.5. The van der Waals surface area contributed by atoms with Crippen molar-refractivity contribution in [2.24, 2.45) is 0 Å². The summed E-state index contributed by atoms with van der Waals surface area (Å²) in [6.45, 7) is 6.70. The fourth-order valence-electron chi connectivity index (χ4n) is 2.06. The second kappa shape index (κ2) is 4.93. The second-order valence-electron chi connectivity index (χ2n) is 4.47. The molecule has 0 radical (unpaired) electrons. The van der Waals surface area contributed by atoms with Crippen molar-refractivity contribution >= 4 is 0 Å². The highest BCUT2D eigenvalue weighted by molar-refractivity contribution is 5.20. The quantitative estimate of drug-likeness (QED) is 0.764. The van der Waals surface area contributed by atoms with Gasteiger partial charge in [0.15, 0.2) is 0 Å². The van der Waals surface area contributed by atoms with E-state index in [9.17, 15) is 4.39 Å². The smallest absolute Gasteiger partial charge is 0.129 e. The summed E-state index contributed by atoms with van der Waals surface area (Å²) >= 11 is 0. The zero-order valence-electron chi connectivity index (χ0n) is 9.82. The summed E-state index contributed by atoms with van der Waals surface area (Å²) in [5, 5.41) is 0. The molecule has 0 aromatic heterocycles. The van der Waals surface area contributed by atoms with Crippen LogP contribution in [0.15, 0.2) is 24.3 Å². The molecule has 0 N–H and O–H groups in total. The molecule has 1 unspecified atom stereocenters. The molecule has 1 saturated heterocycles. The van der Waals surface area contributed by atoms with Gasteiger partial charge in [0.1, 0.15) is 5.82 Å². The van der Waals surface area contributed by atoms with Gasteiger partial charge in [0.25, 0.3) is 0 Å². The predicted octanol–water partition coefficient (Wildman–Crippen LogP) is 2.61. The van der Waals surface area contributed by atoms with Gasteiger partial charge in [0.05, 0.1) is 12.7 Å². The van der Waals surface area contributed by atoms with Crippen LogP contribution < -0.4 is 0 Å². The maximum Gasteiger partial charge on any atom is 0.129 e. The maximum atomic E-state index is 13.6. The molecule has 0 amide bonds. The molecule has 0 bridgehead atoms. The Kier molecular flexibility index (Phi) is 3.56. The number of hydrogen-bond donors (Lipinski definition) is 0. The van der Waals surface area contributed by atoms with Gasteiger partial charge in [-0.2, -0.15) is 0 Å². The molecule has 2 nitrogen and oxygen atoms in total. The average molecular weight is 223 g/mol. The Bertz CT molecular complexity index is 354. The van der Waals surface area contributed by atoms with E-state index in [0.29, 0.717) is 18.2 Å². The summed E-state index contributed by atoms with van der Waals surface area (Å²) < 4.78 is 19.2. The first kappa shape index (κ1) is 11.6. The Balaban J connectivity index is 2.13. The molecule has 1 atom stereocenters. The lowest BCUT2D eigenvalue weighted by molar-refractivity contribution is -0.0416. The Morgan fingerprint density at radius 3 is 2.81 bits per heavy atom. The van der Waals surface area contributed by atoms with Crippen LogP contribution in [0.5, 0.6) is 0 Å². The summed E-state index contributed by atoms with van der Waals surface area (Å²) in [4.78, 5) is 2.32. The van der Waals surface area contributed by atoms with Crippen LogP contribution >= 0.6 is 0 Å². The van der Waals surface area contributed by atoms with Crippen molar-refractivity contribution in [3.63, 3.8) is 0 Å². The predicted molar refractivity (Wildman–Crippen MR) is 61.8 cm³/mol. The van der Waals surface area contributed by atoms with Crippen molar-refractivity contribution in [1.29, 1.82) is 0 Å². The standard InChI is InChI=1S/C13H18FNO/c1-10(2)15-7-8-16-13(9-15)11-5-3-4-6-12(11)14/h3-6,10,13H,7-9H2,1-2H3. The number of benzene rings is 1. The molecule has 88 valence electrons. The highest BCUT2D eigenvalue weighted by Gasteiger charge is 2.25. The van der Waals surface area contributed by atoms with Crippen molar-refractivity contribution in [3.8, 4) is 0 Å². The van der Waals surface area contributed by atoms with Crippen LogP contribution in [-0.4, -0.2) is 30.6 Å². The van der Waals surface area contributed by atoms with E-state index in [1.54, 1.807) is 6.07 Å². The van der Waals surface area contributed by atoms with Gasteiger partial charge in [-0.3, -0.25) is 4.90 Å². The van der Waals surface area contributed by atoms with Crippen LogP contribution in [0.25, 0.3) is 0 Å². The molecule has 0 saturated carbocycles. The number of hydrogen-bond acceptors (Lipinski definition) is 2. The highest BCUT2D eigenvalue weighted by atomic mass is 19.1. The third-order valence-electron chi connectivity index (χ3n) is 3.08. The van der Waals surface area contributed by atoms with Gasteiger partial charge in [-0.15, -0.1) is 0 Å². The fraction of sp³-hybridized carbons (Fsp3) is 0.538. The second-order valence-corrected chi connectivity index (χ2v) is 4.47. The van der Waals surface area contributed by atoms with Crippen LogP contribution in [0.1, 0.15) is 25.5 Å². The number of morpholine rings is 1. The average Bonchev–Trinajstić information content (AvgIpc) is 2.30. The van der Waals surface area contributed by atoms with Crippen molar-refractivity contribution < 1.29 is 9.13 Å². The summed E-state index contributed by atoms with van der Waals surface area (Å²) in [5.41, 5.74) is 0.674. The molecule has 2 rings (SSSR count). The highest BCUT2D eigenvalue weighted by Crippen LogP contribution is 2.25. The summed E-state index contributed by atoms with van der Waals surface area (Å²) in [7, 11) is 0. The number of rotatable bonds is 2. The molecule has 1 aromatic rings. The van der Waals surface area contributed by atoms with Gasteiger partial charge in [-0.1, -0.05) is 18.2 Å². The van der Waals surface area contributed by atoms with Crippen molar-refractivity contribution in [2.45, 2.75) is 26.0 Å². The van der Waals surface area contributed by atoms with Crippen molar-refractivity contribution in [2.75, 3.05) is 19.7 Å². The van der Waals surface area contributed by atoms with Gasteiger partial charge < -0.3 is 4.74 Å². The molecular weight excluding hydrogens is 205 g/mol. The van der Waals surface area contributed by atoms with Crippen LogP contribution in [0, 0.1) is 5.82 Å². The van der Waals surface area contributed by atoms with E-state index in [0.717, 1.165) is 13.1 Å². The first-order valence-electron chi connectivity index (χ1n) is 5.78. The third-order valence-corrected chi connectivity index (χ3v) is 3.08. The first-order chi connectivity index (χ1) is 7.68. The molecule has 1 aliphatic rings. The molecule has 1 fully saturated rings. The first-order valence-corrected chi connectivity index (χ1v) is 5.78. The molecule has 0 aliphatic carbocycles. The van der Waals surface area contributed by atoms with Crippen LogP contribution in [0.3, 0.4) is 0 Å². The molecule has 1 aliphatic heterocycles. The zero-order valence-corrected chi connectivity index (χ0v) is 9.82. The van der Waals surface area contributed by atoms with E-state index in [1.807, 2.05) is 12.1 Å². The Hall–Kier alpha value is -0.930. The van der Waals surface area contributed by atoms with Crippen molar-refractivity contribution in [3.05, 3.63) is 35.6 Å². The number of ether oxygens (including phenoxy) is 1. The lowest BCUT2D eigenvalue weighted by Crippen LogP contribution is -2.42. The van der Waals surface area contributed by atoms with Crippen LogP contribution in [0.2, 0.25) is 0 Å². The lowest BCUT2D eigenvalue weighted by atomic mass is 10.1. The minimum Gasteiger partial charge on any atom is -0.371 e. The minimum atomic E-state index is -0.168. The summed E-state index contributed by atoms with van der Waals surface area (Å²) in [6.07, 6.45) is -0.127. The number of nitrogens with zero attached hydrogens (tertiary/aromatic N) is 1. The normalized spacial score (nSPS) is 22.6. The van der Waals surface area contributed by atoms with Gasteiger partial charge in [-0.05, 0) is 19.9 Å². The monoisotopic (exact) mass is 223 g/mol. The van der Waals surface area contributed by atoms with Gasteiger partial charge in [0, 0.05) is 24.7 Å². The van der Waals surface area contributed by atoms with Gasteiger partial charge >= 0.3 is 0 Å². The third kappa shape index (κ3) is 2.42. The molecule has 16 heavy (non-hydrogen) atoms. The van der Waals surface area contributed by atoms with Crippen LogP contribution in [0.4, 0.5) is 4.39 Å². The van der Waals surface area contributed by atoms with E-state index < -0.39 is 0 Å². The van der Waals surface area contributed by atoms with E-state index in [-0.39, 0.29) is 11.9 Å². The van der Waals surface area contributed by atoms with Gasteiger partial charge in [0.2, 0.25) is 0 Å². The summed E-state index contributed by atoms with van der Waals surface area (Å²) in [5.74, 6) is -0.168. The SMILES string of the molecule is CC(C)N1CCOC(c2ccccc2F)C1. The van der Waals surface area contributed by atoms with E-state index in [1.165, 1.54) is 6.07 Å². The Morgan fingerprint density at radius 2 is 2.12 bits per heavy atom. The van der Waals surface area contributed by atoms with Crippen molar-refractivity contribution in [1.82, 2.24) is 4.90 Å².